The summed E-state index contributed by atoms with van der Waals surface area (Å²) in [6.45, 7) is 3.83. The molecule has 0 fully saturated rings. The summed E-state index contributed by atoms with van der Waals surface area (Å²) in [5, 5.41) is 0. The van der Waals surface area contributed by atoms with Gasteiger partial charge in [-0.05, 0) is 13.8 Å². The van der Waals surface area contributed by atoms with Crippen molar-refractivity contribution in [1.29, 1.82) is 0 Å². The zero-order valence-corrected chi connectivity index (χ0v) is 10.9. The summed E-state index contributed by atoms with van der Waals surface area (Å²) in [7, 11) is 0. The van der Waals surface area contributed by atoms with Crippen LogP contribution in [0.25, 0.3) is 0 Å². The molecule has 2 N–H and O–H groups in total. The predicted molar refractivity (Wildman–Crippen MR) is 46.6 cm³/mol. The van der Waals surface area contributed by atoms with Crippen LogP contribution in [0, 0.1) is 13.8 Å². The molecule has 0 atom stereocenters. The molecule has 0 spiro atoms. The maximum atomic E-state index is 3.86. The minimum Gasteiger partial charge on any atom is -0.349 e. The van der Waals surface area contributed by atoms with Gasteiger partial charge in [-0.15, -0.1) is 0 Å². The van der Waals surface area contributed by atoms with E-state index in [4.69, 9.17) is 0 Å². The SMILES string of the molecule is Cc1ncc[nH]1.Cc1ncc[nH]1.[Zn+2]. The average molecular weight is 230 g/mol. The van der Waals surface area contributed by atoms with Crippen molar-refractivity contribution in [3.05, 3.63) is 36.4 Å². The molecular weight excluding hydrogens is 218 g/mol. The third kappa shape index (κ3) is 5.31. The summed E-state index contributed by atoms with van der Waals surface area (Å²) in [5.74, 6) is 1.94. The van der Waals surface area contributed by atoms with Gasteiger partial charge in [-0.2, -0.15) is 0 Å². The number of hydrogen-bond acceptors (Lipinski definition) is 2. The van der Waals surface area contributed by atoms with E-state index in [1.54, 1.807) is 24.8 Å². The molecule has 0 unspecified atom stereocenters. The zero-order valence-electron chi connectivity index (χ0n) is 7.91. The molecule has 0 aliphatic heterocycles. The summed E-state index contributed by atoms with van der Waals surface area (Å²) in [4.78, 5) is 13.5. The van der Waals surface area contributed by atoms with E-state index in [9.17, 15) is 0 Å². The molecule has 13 heavy (non-hydrogen) atoms. The summed E-state index contributed by atoms with van der Waals surface area (Å²) in [6.07, 6.45) is 7.06. The van der Waals surface area contributed by atoms with Crippen LogP contribution in [0.1, 0.15) is 11.6 Å². The van der Waals surface area contributed by atoms with E-state index < -0.39 is 0 Å². The average Bonchev–Trinajstić information content (AvgIpc) is 2.63. The Kier molecular flexibility index (Phi) is 6.07. The fourth-order valence-corrected chi connectivity index (χ4v) is 0.688. The smallest absolute Gasteiger partial charge is 0.349 e. The molecule has 0 aromatic carbocycles. The number of H-pyrrole nitrogens is 2. The molecule has 4 nitrogen and oxygen atoms in total. The molecule has 0 saturated carbocycles. The summed E-state index contributed by atoms with van der Waals surface area (Å²) < 4.78 is 0. The molecule has 0 bridgehead atoms. The van der Waals surface area contributed by atoms with E-state index in [1.807, 2.05) is 13.8 Å². The van der Waals surface area contributed by atoms with Crippen LogP contribution in [0.3, 0.4) is 0 Å². The van der Waals surface area contributed by atoms with Gasteiger partial charge in [-0.25, -0.2) is 9.97 Å². The Bertz CT molecular complexity index is 256. The number of aryl methyl sites for hydroxylation is 2. The van der Waals surface area contributed by atoms with Crippen molar-refractivity contribution >= 4 is 0 Å². The summed E-state index contributed by atoms with van der Waals surface area (Å²) in [5.41, 5.74) is 0. The van der Waals surface area contributed by atoms with Crippen LogP contribution in [-0.4, -0.2) is 19.9 Å². The van der Waals surface area contributed by atoms with Crippen molar-refractivity contribution in [2.24, 2.45) is 0 Å². The van der Waals surface area contributed by atoms with Crippen molar-refractivity contribution in [2.45, 2.75) is 13.8 Å². The number of imidazole rings is 2. The molecule has 0 radical (unpaired) electrons. The van der Waals surface area contributed by atoms with Crippen LogP contribution in [0.4, 0.5) is 0 Å². The first-order valence-electron chi connectivity index (χ1n) is 3.71. The van der Waals surface area contributed by atoms with E-state index in [1.165, 1.54) is 0 Å². The maximum Gasteiger partial charge on any atom is 2.00 e. The van der Waals surface area contributed by atoms with Crippen LogP contribution in [0.15, 0.2) is 24.8 Å². The van der Waals surface area contributed by atoms with E-state index in [0.717, 1.165) is 11.6 Å². The molecular formula is C8H12N4Zn+2. The van der Waals surface area contributed by atoms with E-state index in [2.05, 4.69) is 19.9 Å². The number of aromatic amines is 2. The molecule has 2 aromatic heterocycles. The molecule has 2 rings (SSSR count). The largest absolute Gasteiger partial charge is 2.00 e. The molecule has 0 aliphatic rings. The first-order valence-corrected chi connectivity index (χ1v) is 3.71. The standard InChI is InChI=1S/2C4H6N2.Zn/c2*1-4-5-2-3-6-4;/h2*2-3H,1H3,(H,5,6);/q;;+2. The number of nitrogens with zero attached hydrogens (tertiary/aromatic N) is 2. The van der Waals surface area contributed by atoms with Gasteiger partial charge in [0.2, 0.25) is 0 Å². The summed E-state index contributed by atoms with van der Waals surface area (Å²) >= 11 is 0. The van der Waals surface area contributed by atoms with Gasteiger partial charge in [-0.1, -0.05) is 0 Å². The Balaban J connectivity index is 0.000000206. The molecule has 5 heteroatoms. The molecule has 2 heterocycles. The monoisotopic (exact) mass is 228 g/mol. The number of nitrogens with one attached hydrogen (secondary N) is 2. The van der Waals surface area contributed by atoms with Gasteiger partial charge in [0.25, 0.3) is 0 Å². The Hall–Kier alpha value is -0.957. The van der Waals surface area contributed by atoms with E-state index in [-0.39, 0.29) is 19.5 Å². The number of hydrogen-bond donors (Lipinski definition) is 2. The first kappa shape index (κ1) is 12.0. The van der Waals surface area contributed by atoms with Gasteiger partial charge in [-0.3, -0.25) is 0 Å². The van der Waals surface area contributed by atoms with Gasteiger partial charge in [0.15, 0.2) is 0 Å². The van der Waals surface area contributed by atoms with Crippen LogP contribution >= 0.6 is 0 Å². The number of aromatic nitrogens is 4. The number of rotatable bonds is 0. The third-order valence-corrected chi connectivity index (χ3v) is 1.27. The van der Waals surface area contributed by atoms with Crippen molar-refractivity contribution in [3.8, 4) is 0 Å². The second-order valence-corrected chi connectivity index (χ2v) is 2.35. The second kappa shape index (κ2) is 6.55. The Morgan fingerprint density at radius 2 is 1.31 bits per heavy atom. The molecule has 0 aliphatic carbocycles. The van der Waals surface area contributed by atoms with Crippen molar-refractivity contribution in [1.82, 2.24) is 19.9 Å². The van der Waals surface area contributed by atoms with Crippen LogP contribution < -0.4 is 0 Å². The van der Waals surface area contributed by atoms with Gasteiger partial charge in [0.1, 0.15) is 11.6 Å². The fourth-order valence-electron chi connectivity index (χ4n) is 0.688. The summed E-state index contributed by atoms with van der Waals surface area (Å²) in [6, 6.07) is 0. The molecule has 0 amide bonds. The Morgan fingerprint density at radius 1 is 0.923 bits per heavy atom. The topological polar surface area (TPSA) is 57.4 Å². The van der Waals surface area contributed by atoms with Crippen molar-refractivity contribution < 1.29 is 19.5 Å². The third-order valence-electron chi connectivity index (χ3n) is 1.27. The second-order valence-electron chi connectivity index (χ2n) is 2.35. The Labute approximate surface area is 90.0 Å². The molecule has 0 saturated heterocycles. The fraction of sp³-hybridized carbons (Fsp3) is 0.250. The van der Waals surface area contributed by atoms with E-state index >= 15 is 0 Å². The van der Waals surface area contributed by atoms with Crippen molar-refractivity contribution in [2.75, 3.05) is 0 Å². The van der Waals surface area contributed by atoms with Gasteiger partial charge in [0, 0.05) is 24.8 Å². The normalized spacial score (nSPS) is 8.15. The minimum atomic E-state index is 0. The van der Waals surface area contributed by atoms with Gasteiger partial charge < -0.3 is 9.97 Å². The molecule has 64 valence electrons. The van der Waals surface area contributed by atoms with Crippen molar-refractivity contribution in [3.63, 3.8) is 0 Å². The predicted octanol–water partition coefficient (Wildman–Crippen LogP) is 1.43. The van der Waals surface area contributed by atoms with Gasteiger partial charge >= 0.3 is 19.5 Å². The quantitative estimate of drug-likeness (QED) is 0.672. The molecule has 2 aromatic rings. The van der Waals surface area contributed by atoms with Crippen LogP contribution in [0.2, 0.25) is 0 Å². The Morgan fingerprint density at radius 3 is 1.38 bits per heavy atom. The maximum absolute atomic E-state index is 3.86. The first-order chi connectivity index (χ1) is 5.79. The van der Waals surface area contributed by atoms with Crippen LogP contribution in [-0.2, 0) is 19.5 Å². The van der Waals surface area contributed by atoms with Crippen LogP contribution in [0.5, 0.6) is 0 Å². The minimum absolute atomic E-state index is 0. The zero-order chi connectivity index (χ0) is 8.81. The van der Waals surface area contributed by atoms with E-state index in [0.29, 0.717) is 0 Å². The van der Waals surface area contributed by atoms with Gasteiger partial charge in [0.05, 0.1) is 0 Å².